The van der Waals surface area contributed by atoms with Crippen LogP contribution in [0.5, 0.6) is 0 Å². The first-order valence-electron chi connectivity index (χ1n) is 8.53. The quantitative estimate of drug-likeness (QED) is 0.895. The summed E-state index contributed by atoms with van der Waals surface area (Å²) in [7, 11) is 0. The van der Waals surface area contributed by atoms with Gasteiger partial charge in [0.15, 0.2) is 0 Å². The molecule has 1 aliphatic heterocycles. The molecule has 1 saturated heterocycles. The third-order valence-corrected chi connectivity index (χ3v) is 4.07. The molecule has 128 valence electrons. The van der Waals surface area contributed by atoms with Crippen molar-refractivity contribution in [2.75, 3.05) is 11.9 Å². The summed E-state index contributed by atoms with van der Waals surface area (Å²) in [5, 5.41) is 3.45. The van der Waals surface area contributed by atoms with E-state index in [9.17, 15) is 4.79 Å². The van der Waals surface area contributed by atoms with Crippen LogP contribution in [0.4, 0.5) is 10.6 Å². The summed E-state index contributed by atoms with van der Waals surface area (Å²) in [4.78, 5) is 18.8. The largest absolute Gasteiger partial charge is 0.444 e. The van der Waals surface area contributed by atoms with Gasteiger partial charge in [-0.1, -0.05) is 13.0 Å². The van der Waals surface area contributed by atoms with Crippen LogP contribution in [0, 0.1) is 0 Å². The highest BCUT2D eigenvalue weighted by atomic mass is 16.6. The molecule has 0 bridgehead atoms. The SMILES string of the molecule is CCC(C)Nc1ncccc1C1CCCN1C(=O)OC(C)(C)C. The lowest BCUT2D eigenvalue weighted by molar-refractivity contribution is 0.0225. The van der Waals surface area contributed by atoms with E-state index in [2.05, 4.69) is 30.2 Å². The Kier molecular flexibility index (Phi) is 5.50. The summed E-state index contributed by atoms with van der Waals surface area (Å²) < 4.78 is 5.56. The molecule has 2 unspecified atom stereocenters. The smallest absolute Gasteiger partial charge is 0.410 e. The molecule has 2 atom stereocenters. The molecule has 0 aliphatic carbocycles. The Bertz CT molecular complexity index is 539. The van der Waals surface area contributed by atoms with Gasteiger partial charge in [0.25, 0.3) is 0 Å². The summed E-state index contributed by atoms with van der Waals surface area (Å²) in [5.74, 6) is 0.877. The Hall–Kier alpha value is -1.78. The molecular weight excluding hydrogens is 290 g/mol. The van der Waals surface area contributed by atoms with Crippen LogP contribution in [-0.2, 0) is 4.74 Å². The lowest BCUT2D eigenvalue weighted by atomic mass is 10.0. The standard InChI is InChI=1S/C18H29N3O2/c1-6-13(2)20-16-14(9-7-11-19-16)15-10-8-12-21(15)17(22)23-18(3,4)5/h7,9,11,13,15H,6,8,10,12H2,1-5H3,(H,19,20). The molecule has 0 saturated carbocycles. The number of carbonyl (C=O) groups excluding carboxylic acids is 1. The van der Waals surface area contributed by atoms with Gasteiger partial charge in [-0.05, 0) is 53.0 Å². The highest BCUT2D eigenvalue weighted by molar-refractivity contribution is 5.70. The van der Waals surface area contributed by atoms with E-state index in [4.69, 9.17) is 4.74 Å². The predicted octanol–water partition coefficient (Wildman–Crippen LogP) is 4.36. The first-order valence-corrected chi connectivity index (χ1v) is 8.53. The van der Waals surface area contributed by atoms with Crippen molar-refractivity contribution in [3.63, 3.8) is 0 Å². The van der Waals surface area contributed by atoms with Crippen LogP contribution >= 0.6 is 0 Å². The molecule has 2 heterocycles. The number of anilines is 1. The lowest BCUT2D eigenvalue weighted by Crippen LogP contribution is -2.36. The van der Waals surface area contributed by atoms with Gasteiger partial charge < -0.3 is 15.0 Å². The number of hydrogen-bond acceptors (Lipinski definition) is 4. The van der Waals surface area contributed by atoms with Gasteiger partial charge in [0.2, 0.25) is 0 Å². The lowest BCUT2D eigenvalue weighted by Gasteiger charge is -2.29. The van der Waals surface area contributed by atoms with Crippen LogP contribution in [0.3, 0.4) is 0 Å². The van der Waals surface area contributed by atoms with E-state index < -0.39 is 5.60 Å². The van der Waals surface area contributed by atoms with Crippen molar-refractivity contribution in [1.82, 2.24) is 9.88 Å². The minimum absolute atomic E-state index is 0.0325. The molecule has 1 amide bonds. The van der Waals surface area contributed by atoms with Crippen molar-refractivity contribution in [1.29, 1.82) is 0 Å². The van der Waals surface area contributed by atoms with E-state index in [-0.39, 0.29) is 12.1 Å². The number of aromatic nitrogens is 1. The van der Waals surface area contributed by atoms with Gasteiger partial charge in [0.05, 0.1) is 6.04 Å². The van der Waals surface area contributed by atoms with Crippen molar-refractivity contribution < 1.29 is 9.53 Å². The molecule has 5 nitrogen and oxygen atoms in total. The van der Waals surface area contributed by atoms with Crippen molar-refractivity contribution in [2.24, 2.45) is 0 Å². The molecule has 0 spiro atoms. The molecule has 1 aliphatic rings. The summed E-state index contributed by atoms with van der Waals surface area (Å²) in [6, 6.07) is 4.37. The number of amides is 1. The van der Waals surface area contributed by atoms with Crippen LogP contribution in [-0.4, -0.2) is 34.2 Å². The minimum Gasteiger partial charge on any atom is -0.444 e. The molecule has 1 N–H and O–H groups in total. The number of nitrogens with zero attached hydrogens (tertiary/aromatic N) is 2. The van der Waals surface area contributed by atoms with Gasteiger partial charge in [-0.25, -0.2) is 9.78 Å². The second kappa shape index (κ2) is 7.20. The second-order valence-corrected chi connectivity index (χ2v) is 7.23. The van der Waals surface area contributed by atoms with E-state index >= 15 is 0 Å². The van der Waals surface area contributed by atoms with Gasteiger partial charge in [0, 0.05) is 24.3 Å². The fraction of sp³-hybridized carbons (Fsp3) is 0.667. The van der Waals surface area contributed by atoms with Gasteiger partial charge in [-0.3, -0.25) is 0 Å². The summed E-state index contributed by atoms with van der Waals surface area (Å²) in [5.41, 5.74) is 0.605. The molecule has 1 fully saturated rings. The summed E-state index contributed by atoms with van der Waals surface area (Å²) in [6.07, 6.45) is 4.51. The molecule has 2 rings (SSSR count). The summed E-state index contributed by atoms with van der Waals surface area (Å²) >= 11 is 0. The fourth-order valence-corrected chi connectivity index (χ4v) is 2.77. The van der Waals surface area contributed by atoms with Crippen molar-refractivity contribution in [3.8, 4) is 0 Å². The normalized spacial score (nSPS) is 19.5. The maximum Gasteiger partial charge on any atom is 0.410 e. The highest BCUT2D eigenvalue weighted by Gasteiger charge is 2.34. The Morgan fingerprint density at radius 1 is 1.52 bits per heavy atom. The number of pyridine rings is 1. The Labute approximate surface area is 139 Å². The van der Waals surface area contributed by atoms with Gasteiger partial charge in [-0.2, -0.15) is 0 Å². The van der Waals surface area contributed by atoms with Crippen molar-refractivity contribution >= 4 is 11.9 Å². The average molecular weight is 319 g/mol. The number of likely N-dealkylation sites (tertiary alicyclic amines) is 1. The van der Waals surface area contributed by atoms with E-state index in [1.165, 1.54) is 0 Å². The number of hydrogen-bond donors (Lipinski definition) is 1. The van der Waals surface area contributed by atoms with Gasteiger partial charge in [0.1, 0.15) is 11.4 Å². The zero-order chi connectivity index (χ0) is 17.0. The van der Waals surface area contributed by atoms with E-state index in [0.29, 0.717) is 6.04 Å². The van der Waals surface area contributed by atoms with Crippen LogP contribution < -0.4 is 5.32 Å². The molecule has 23 heavy (non-hydrogen) atoms. The molecule has 1 aromatic heterocycles. The molecule has 0 radical (unpaired) electrons. The highest BCUT2D eigenvalue weighted by Crippen LogP contribution is 2.36. The van der Waals surface area contributed by atoms with Crippen LogP contribution in [0.1, 0.15) is 65.5 Å². The number of carbonyl (C=O) groups is 1. The van der Waals surface area contributed by atoms with Crippen molar-refractivity contribution in [2.45, 2.75) is 71.6 Å². The first-order chi connectivity index (χ1) is 10.8. The number of nitrogens with one attached hydrogen (secondary N) is 1. The zero-order valence-electron chi connectivity index (χ0n) is 14.9. The number of ether oxygens (including phenoxy) is 1. The average Bonchev–Trinajstić information content (AvgIpc) is 2.95. The monoisotopic (exact) mass is 319 g/mol. The number of rotatable bonds is 4. The Morgan fingerprint density at radius 2 is 2.26 bits per heavy atom. The van der Waals surface area contributed by atoms with Crippen molar-refractivity contribution in [3.05, 3.63) is 23.9 Å². The van der Waals surface area contributed by atoms with E-state index in [1.54, 1.807) is 6.20 Å². The van der Waals surface area contributed by atoms with Gasteiger partial charge in [-0.15, -0.1) is 0 Å². The molecular formula is C18H29N3O2. The van der Waals surface area contributed by atoms with Gasteiger partial charge >= 0.3 is 6.09 Å². The molecule has 0 aromatic carbocycles. The maximum atomic E-state index is 12.5. The first kappa shape index (κ1) is 17.6. The van der Waals surface area contributed by atoms with Crippen LogP contribution in [0.2, 0.25) is 0 Å². The fourth-order valence-electron chi connectivity index (χ4n) is 2.77. The van der Waals surface area contributed by atoms with E-state index in [0.717, 1.165) is 37.2 Å². The zero-order valence-corrected chi connectivity index (χ0v) is 14.9. The Morgan fingerprint density at radius 3 is 2.91 bits per heavy atom. The molecule has 5 heteroatoms. The minimum atomic E-state index is -0.475. The second-order valence-electron chi connectivity index (χ2n) is 7.23. The third-order valence-electron chi connectivity index (χ3n) is 4.07. The van der Waals surface area contributed by atoms with Crippen LogP contribution in [0.25, 0.3) is 0 Å². The predicted molar refractivity (Wildman–Crippen MR) is 92.5 cm³/mol. The summed E-state index contributed by atoms with van der Waals surface area (Å²) in [6.45, 7) is 10.7. The maximum absolute atomic E-state index is 12.5. The van der Waals surface area contributed by atoms with Crippen LogP contribution in [0.15, 0.2) is 18.3 Å². The molecule has 1 aromatic rings. The van der Waals surface area contributed by atoms with E-state index in [1.807, 2.05) is 31.7 Å². The topological polar surface area (TPSA) is 54.5 Å². The third kappa shape index (κ3) is 4.60. The Balaban J connectivity index is 2.21.